The Morgan fingerprint density at radius 2 is 2.09 bits per heavy atom. The molecule has 22 heavy (non-hydrogen) atoms. The molecule has 2 aromatic heterocycles. The molecular formula is C13H14N4O3S2. The number of carbonyl (C=O) groups excluding carboxylic acids is 1. The number of thiazole rings is 1. The first-order chi connectivity index (χ1) is 10.4. The first kappa shape index (κ1) is 15.0. The Balaban J connectivity index is 1.78. The number of amides is 1. The molecule has 0 bridgehead atoms. The highest BCUT2D eigenvalue weighted by molar-refractivity contribution is 7.91. The summed E-state index contributed by atoms with van der Waals surface area (Å²) in [5.41, 5.74) is 0.589. The van der Waals surface area contributed by atoms with Gasteiger partial charge in [0.05, 0.1) is 17.2 Å². The highest BCUT2D eigenvalue weighted by Crippen LogP contribution is 2.25. The van der Waals surface area contributed by atoms with Crippen LogP contribution < -0.4 is 5.32 Å². The van der Waals surface area contributed by atoms with Gasteiger partial charge in [-0.1, -0.05) is 0 Å². The van der Waals surface area contributed by atoms with Crippen LogP contribution in [0.15, 0.2) is 18.5 Å². The van der Waals surface area contributed by atoms with E-state index in [9.17, 15) is 13.2 Å². The second-order valence-electron chi connectivity index (χ2n) is 5.08. The second kappa shape index (κ2) is 5.73. The van der Waals surface area contributed by atoms with Crippen LogP contribution in [0, 0.1) is 6.92 Å². The number of hydrogen-bond acceptors (Lipinski definition) is 7. The monoisotopic (exact) mass is 338 g/mol. The van der Waals surface area contributed by atoms with E-state index in [2.05, 4.69) is 20.3 Å². The maximum absolute atomic E-state index is 12.3. The zero-order valence-electron chi connectivity index (χ0n) is 11.8. The van der Waals surface area contributed by atoms with Gasteiger partial charge in [-0.25, -0.2) is 23.4 Å². The Morgan fingerprint density at radius 3 is 2.73 bits per heavy atom. The van der Waals surface area contributed by atoms with Crippen molar-refractivity contribution in [3.05, 3.63) is 29.0 Å². The van der Waals surface area contributed by atoms with Crippen molar-refractivity contribution in [3.63, 3.8) is 0 Å². The lowest BCUT2D eigenvalue weighted by atomic mass is 10.2. The van der Waals surface area contributed by atoms with Crippen LogP contribution in [-0.2, 0) is 9.84 Å². The highest BCUT2D eigenvalue weighted by atomic mass is 32.2. The van der Waals surface area contributed by atoms with Gasteiger partial charge in [-0.05, 0) is 19.4 Å². The van der Waals surface area contributed by atoms with Crippen LogP contribution in [-0.4, -0.2) is 46.8 Å². The normalized spacial score (nSPS) is 20.0. The zero-order chi connectivity index (χ0) is 15.7. The van der Waals surface area contributed by atoms with Crippen LogP contribution in [0.2, 0.25) is 0 Å². The largest absolute Gasteiger partial charge is 0.347 e. The van der Waals surface area contributed by atoms with Crippen LogP contribution in [0.3, 0.4) is 0 Å². The number of nitrogens with zero attached hydrogens (tertiary/aromatic N) is 3. The highest BCUT2D eigenvalue weighted by Gasteiger charge is 2.30. The minimum absolute atomic E-state index is 0.00520. The van der Waals surface area contributed by atoms with Gasteiger partial charge in [-0.15, -0.1) is 11.3 Å². The SMILES string of the molecule is Cc1nc(-c2ncccn2)sc1C(=O)NC1CCS(=O)(=O)C1. The van der Waals surface area contributed by atoms with Crippen molar-refractivity contribution in [1.29, 1.82) is 0 Å². The molecule has 1 N–H and O–H groups in total. The smallest absolute Gasteiger partial charge is 0.263 e. The number of aryl methyl sites for hydroxylation is 1. The fraction of sp³-hybridized carbons (Fsp3) is 0.385. The molecule has 116 valence electrons. The van der Waals surface area contributed by atoms with Gasteiger partial charge in [0, 0.05) is 18.4 Å². The minimum atomic E-state index is -3.02. The van der Waals surface area contributed by atoms with Gasteiger partial charge in [0.2, 0.25) is 0 Å². The van der Waals surface area contributed by atoms with E-state index in [4.69, 9.17) is 0 Å². The molecule has 0 aliphatic carbocycles. The van der Waals surface area contributed by atoms with E-state index in [0.29, 0.717) is 27.8 Å². The standard InChI is InChI=1S/C13H14N4O3S2/c1-8-10(12(18)17-9-3-6-22(19,20)7-9)21-13(16-8)11-14-4-2-5-15-11/h2,4-5,9H,3,6-7H2,1H3,(H,17,18). The van der Waals surface area contributed by atoms with Gasteiger partial charge >= 0.3 is 0 Å². The summed E-state index contributed by atoms with van der Waals surface area (Å²) in [6, 6.07) is 1.38. The topological polar surface area (TPSA) is 102 Å². The Kier molecular flexibility index (Phi) is 3.92. The molecule has 9 heteroatoms. The second-order valence-corrected chi connectivity index (χ2v) is 8.31. The minimum Gasteiger partial charge on any atom is -0.347 e. The first-order valence-electron chi connectivity index (χ1n) is 6.71. The van der Waals surface area contributed by atoms with Crippen LogP contribution in [0.5, 0.6) is 0 Å². The fourth-order valence-electron chi connectivity index (χ4n) is 2.27. The number of aromatic nitrogens is 3. The lowest BCUT2D eigenvalue weighted by Crippen LogP contribution is -2.35. The van der Waals surface area contributed by atoms with Crippen molar-refractivity contribution in [2.75, 3.05) is 11.5 Å². The van der Waals surface area contributed by atoms with Gasteiger partial charge in [0.15, 0.2) is 20.7 Å². The molecule has 1 amide bonds. The lowest BCUT2D eigenvalue weighted by molar-refractivity contribution is 0.0944. The van der Waals surface area contributed by atoms with Gasteiger partial charge in [-0.2, -0.15) is 0 Å². The quantitative estimate of drug-likeness (QED) is 0.889. The molecule has 1 atom stereocenters. The van der Waals surface area contributed by atoms with Crippen molar-refractivity contribution < 1.29 is 13.2 Å². The van der Waals surface area contributed by atoms with Crippen LogP contribution in [0.4, 0.5) is 0 Å². The molecule has 0 aromatic carbocycles. The van der Waals surface area contributed by atoms with E-state index in [0.717, 1.165) is 0 Å². The lowest BCUT2D eigenvalue weighted by Gasteiger charge is -2.09. The molecule has 7 nitrogen and oxygen atoms in total. The summed E-state index contributed by atoms with van der Waals surface area (Å²) >= 11 is 1.21. The fourth-order valence-corrected chi connectivity index (χ4v) is 4.86. The molecule has 0 radical (unpaired) electrons. The van der Waals surface area contributed by atoms with E-state index in [1.807, 2.05) is 0 Å². The van der Waals surface area contributed by atoms with Crippen molar-refractivity contribution in [2.45, 2.75) is 19.4 Å². The van der Waals surface area contributed by atoms with E-state index < -0.39 is 9.84 Å². The number of carbonyl (C=O) groups is 1. The Morgan fingerprint density at radius 1 is 1.36 bits per heavy atom. The van der Waals surface area contributed by atoms with Crippen molar-refractivity contribution in [1.82, 2.24) is 20.3 Å². The summed E-state index contributed by atoms with van der Waals surface area (Å²) < 4.78 is 22.9. The molecule has 1 saturated heterocycles. The van der Waals surface area contributed by atoms with Crippen LogP contribution >= 0.6 is 11.3 Å². The number of nitrogens with one attached hydrogen (secondary N) is 1. The number of hydrogen-bond donors (Lipinski definition) is 1. The average molecular weight is 338 g/mol. The summed E-state index contributed by atoms with van der Waals surface area (Å²) in [6.45, 7) is 1.74. The van der Waals surface area contributed by atoms with Crippen LogP contribution in [0.1, 0.15) is 21.8 Å². The summed E-state index contributed by atoms with van der Waals surface area (Å²) in [4.78, 5) is 25.3. The van der Waals surface area contributed by atoms with Gasteiger partial charge in [-0.3, -0.25) is 4.79 Å². The molecule has 0 spiro atoms. The molecule has 2 aromatic rings. The maximum Gasteiger partial charge on any atom is 0.263 e. The van der Waals surface area contributed by atoms with E-state index in [1.165, 1.54) is 11.3 Å². The molecule has 3 heterocycles. The predicted octanol–water partition coefficient (Wildman–Crippen LogP) is 0.825. The average Bonchev–Trinajstić information content (AvgIpc) is 3.02. The molecule has 0 saturated carbocycles. The number of rotatable bonds is 3. The van der Waals surface area contributed by atoms with E-state index in [-0.39, 0.29) is 23.5 Å². The Bertz CT molecular complexity index is 802. The summed E-state index contributed by atoms with van der Waals surface area (Å²) in [5.74, 6) is 0.311. The maximum atomic E-state index is 12.3. The van der Waals surface area contributed by atoms with Crippen molar-refractivity contribution >= 4 is 27.1 Å². The Labute approximate surface area is 131 Å². The third kappa shape index (κ3) is 3.14. The zero-order valence-corrected chi connectivity index (χ0v) is 13.4. The summed E-state index contributed by atoms with van der Waals surface area (Å²) in [5, 5.41) is 3.34. The molecular weight excluding hydrogens is 324 g/mol. The van der Waals surface area contributed by atoms with Gasteiger partial charge < -0.3 is 5.32 Å². The van der Waals surface area contributed by atoms with Crippen molar-refractivity contribution in [2.24, 2.45) is 0 Å². The predicted molar refractivity (Wildman–Crippen MR) is 82.4 cm³/mol. The third-order valence-corrected chi connectivity index (χ3v) is 6.25. The molecule has 1 unspecified atom stereocenters. The molecule has 3 rings (SSSR count). The van der Waals surface area contributed by atoms with E-state index in [1.54, 1.807) is 25.4 Å². The first-order valence-corrected chi connectivity index (χ1v) is 9.34. The molecule has 1 aliphatic heterocycles. The van der Waals surface area contributed by atoms with Gasteiger partial charge in [0.1, 0.15) is 4.88 Å². The van der Waals surface area contributed by atoms with Crippen LogP contribution in [0.25, 0.3) is 10.8 Å². The summed E-state index contributed by atoms with van der Waals surface area (Å²) in [6.07, 6.45) is 3.69. The molecule has 1 aliphatic rings. The summed E-state index contributed by atoms with van der Waals surface area (Å²) in [7, 11) is -3.02. The third-order valence-electron chi connectivity index (χ3n) is 3.33. The number of sulfone groups is 1. The Hall–Kier alpha value is -1.87. The molecule has 1 fully saturated rings. The van der Waals surface area contributed by atoms with E-state index >= 15 is 0 Å². The van der Waals surface area contributed by atoms with Crippen molar-refractivity contribution in [3.8, 4) is 10.8 Å². The van der Waals surface area contributed by atoms with Gasteiger partial charge in [0.25, 0.3) is 5.91 Å².